The summed E-state index contributed by atoms with van der Waals surface area (Å²) in [6, 6.07) is 7.51. The van der Waals surface area contributed by atoms with Crippen molar-refractivity contribution in [2.24, 2.45) is 4.99 Å². The lowest BCUT2D eigenvalue weighted by Gasteiger charge is -2.18. The third kappa shape index (κ3) is 3.21. The number of carbonyl (C=O) groups excluding carboxylic acids is 3. The number of hydrogen-bond donors (Lipinski definition) is 0. The highest BCUT2D eigenvalue weighted by Crippen LogP contribution is 2.24. The number of carbonyl (C=O) groups is 3. The van der Waals surface area contributed by atoms with E-state index in [4.69, 9.17) is 4.74 Å². The standard InChI is InChI=1S/C15H15N3O4S/c1-10-2-4-11(5-3-10)18-12(19)8-16-14(18)23-9-13(20)17-6-7-22-15(17)21/h2-5H,6-9H2,1H3. The van der Waals surface area contributed by atoms with Crippen molar-refractivity contribution >= 4 is 40.5 Å². The van der Waals surface area contributed by atoms with Crippen molar-refractivity contribution in [3.8, 4) is 0 Å². The summed E-state index contributed by atoms with van der Waals surface area (Å²) in [7, 11) is 0. The van der Waals surface area contributed by atoms with Crippen molar-refractivity contribution in [2.45, 2.75) is 6.92 Å². The van der Waals surface area contributed by atoms with Crippen molar-refractivity contribution in [1.82, 2.24) is 4.90 Å². The molecule has 120 valence electrons. The summed E-state index contributed by atoms with van der Waals surface area (Å²) in [4.78, 5) is 42.2. The Bertz CT molecular complexity index is 686. The SMILES string of the molecule is Cc1ccc(N2C(=O)CN=C2SCC(=O)N2CCOC2=O)cc1. The fourth-order valence-electron chi connectivity index (χ4n) is 2.27. The van der Waals surface area contributed by atoms with Gasteiger partial charge in [0.15, 0.2) is 5.17 Å². The minimum absolute atomic E-state index is 0.0313. The first-order chi connectivity index (χ1) is 11.1. The predicted octanol–water partition coefficient (Wildman–Crippen LogP) is 1.41. The molecule has 0 saturated carbocycles. The molecule has 1 saturated heterocycles. The van der Waals surface area contributed by atoms with Crippen LogP contribution in [-0.2, 0) is 14.3 Å². The van der Waals surface area contributed by atoms with Crippen molar-refractivity contribution in [3.05, 3.63) is 29.8 Å². The average molecular weight is 333 g/mol. The Labute approximate surface area is 137 Å². The molecule has 0 aromatic heterocycles. The number of imide groups is 1. The number of cyclic esters (lactones) is 1. The van der Waals surface area contributed by atoms with Crippen LogP contribution in [0.4, 0.5) is 10.5 Å². The van der Waals surface area contributed by atoms with Gasteiger partial charge in [0.05, 0.1) is 18.0 Å². The molecule has 23 heavy (non-hydrogen) atoms. The van der Waals surface area contributed by atoms with E-state index in [2.05, 4.69) is 4.99 Å². The Morgan fingerprint density at radius 1 is 1.30 bits per heavy atom. The molecule has 2 aliphatic rings. The molecule has 0 atom stereocenters. The van der Waals surface area contributed by atoms with E-state index in [0.717, 1.165) is 27.9 Å². The number of aryl methyl sites for hydroxylation is 1. The first-order valence-electron chi connectivity index (χ1n) is 7.10. The summed E-state index contributed by atoms with van der Waals surface area (Å²) in [5, 5.41) is 0.472. The Kier molecular flexibility index (Phi) is 4.33. The molecule has 0 bridgehead atoms. The van der Waals surface area contributed by atoms with Gasteiger partial charge in [-0.3, -0.25) is 19.5 Å². The van der Waals surface area contributed by atoms with Gasteiger partial charge in [-0.15, -0.1) is 0 Å². The lowest BCUT2D eigenvalue weighted by atomic mass is 10.2. The number of nitrogens with zero attached hydrogens (tertiary/aromatic N) is 3. The number of amides is 3. The van der Waals surface area contributed by atoms with Gasteiger partial charge in [-0.2, -0.15) is 0 Å². The van der Waals surface area contributed by atoms with Crippen LogP contribution < -0.4 is 4.90 Å². The van der Waals surface area contributed by atoms with Gasteiger partial charge in [0.25, 0.3) is 5.91 Å². The van der Waals surface area contributed by atoms with Gasteiger partial charge in [-0.1, -0.05) is 29.5 Å². The third-order valence-corrected chi connectivity index (χ3v) is 4.43. The fraction of sp³-hybridized carbons (Fsp3) is 0.333. The molecule has 7 nitrogen and oxygen atoms in total. The normalized spacial score (nSPS) is 17.5. The molecule has 0 radical (unpaired) electrons. The van der Waals surface area contributed by atoms with Gasteiger partial charge in [0, 0.05) is 0 Å². The van der Waals surface area contributed by atoms with Gasteiger partial charge >= 0.3 is 6.09 Å². The lowest BCUT2D eigenvalue weighted by molar-refractivity contribution is -0.125. The van der Waals surface area contributed by atoms with Crippen LogP contribution >= 0.6 is 11.8 Å². The molecule has 0 unspecified atom stereocenters. The van der Waals surface area contributed by atoms with Gasteiger partial charge < -0.3 is 4.74 Å². The maximum absolute atomic E-state index is 12.1. The number of aliphatic imine (C=N–C) groups is 1. The molecule has 0 aliphatic carbocycles. The Hall–Kier alpha value is -2.35. The monoisotopic (exact) mass is 333 g/mol. The number of hydrogen-bond acceptors (Lipinski definition) is 6. The van der Waals surface area contributed by atoms with Crippen LogP contribution in [0.15, 0.2) is 29.3 Å². The molecule has 8 heteroatoms. The fourth-order valence-corrected chi connectivity index (χ4v) is 3.17. The summed E-state index contributed by atoms with van der Waals surface area (Å²) in [6.45, 7) is 2.53. The van der Waals surface area contributed by atoms with E-state index in [1.54, 1.807) is 0 Å². The maximum Gasteiger partial charge on any atom is 0.416 e. The molecule has 2 heterocycles. The second kappa shape index (κ2) is 6.41. The molecule has 1 fully saturated rings. The van der Waals surface area contributed by atoms with E-state index >= 15 is 0 Å². The van der Waals surface area contributed by atoms with Gasteiger partial charge in [0.2, 0.25) is 5.91 Å². The highest BCUT2D eigenvalue weighted by atomic mass is 32.2. The molecule has 1 aromatic carbocycles. The smallest absolute Gasteiger partial charge is 0.416 e. The zero-order valence-electron chi connectivity index (χ0n) is 12.5. The summed E-state index contributed by atoms with van der Waals surface area (Å²) >= 11 is 1.15. The number of amidine groups is 1. The number of thioether (sulfide) groups is 1. The van der Waals surface area contributed by atoms with Crippen molar-refractivity contribution in [3.63, 3.8) is 0 Å². The van der Waals surface area contributed by atoms with E-state index in [-0.39, 0.29) is 37.3 Å². The Balaban J connectivity index is 1.67. The number of ether oxygens (including phenoxy) is 1. The number of rotatable bonds is 3. The number of anilines is 1. The van der Waals surface area contributed by atoms with Gasteiger partial charge in [-0.25, -0.2) is 9.69 Å². The maximum atomic E-state index is 12.1. The first-order valence-corrected chi connectivity index (χ1v) is 8.09. The predicted molar refractivity (Wildman–Crippen MR) is 86.5 cm³/mol. The van der Waals surface area contributed by atoms with E-state index in [1.807, 2.05) is 31.2 Å². The van der Waals surface area contributed by atoms with Crippen LogP contribution in [0.25, 0.3) is 0 Å². The number of benzene rings is 1. The minimum atomic E-state index is -0.615. The van der Waals surface area contributed by atoms with E-state index in [1.165, 1.54) is 4.90 Å². The highest BCUT2D eigenvalue weighted by molar-refractivity contribution is 8.14. The van der Waals surface area contributed by atoms with Crippen LogP contribution in [0.5, 0.6) is 0 Å². The lowest BCUT2D eigenvalue weighted by Crippen LogP contribution is -2.35. The molecule has 2 aliphatic heterocycles. The van der Waals surface area contributed by atoms with Crippen LogP contribution in [0.3, 0.4) is 0 Å². The first kappa shape index (κ1) is 15.5. The largest absolute Gasteiger partial charge is 0.447 e. The quantitative estimate of drug-likeness (QED) is 0.835. The van der Waals surface area contributed by atoms with Crippen LogP contribution in [0.2, 0.25) is 0 Å². The molecular weight excluding hydrogens is 318 g/mol. The van der Waals surface area contributed by atoms with Crippen LogP contribution in [-0.4, -0.2) is 53.4 Å². The molecule has 0 N–H and O–H groups in total. The Morgan fingerprint density at radius 3 is 2.70 bits per heavy atom. The zero-order chi connectivity index (χ0) is 16.4. The van der Waals surface area contributed by atoms with E-state index < -0.39 is 6.09 Å². The van der Waals surface area contributed by atoms with Crippen LogP contribution in [0.1, 0.15) is 5.56 Å². The third-order valence-electron chi connectivity index (χ3n) is 3.47. The minimum Gasteiger partial charge on any atom is -0.447 e. The summed E-state index contributed by atoms with van der Waals surface area (Å²) < 4.78 is 4.74. The topological polar surface area (TPSA) is 79.3 Å². The molecule has 0 spiro atoms. The zero-order valence-corrected chi connectivity index (χ0v) is 13.3. The molecule has 3 amide bonds. The molecular formula is C15H15N3O4S. The summed E-state index contributed by atoms with van der Waals surface area (Å²) in [5.41, 5.74) is 1.81. The van der Waals surface area contributed by atoms with Gasteiger partial charge in [-0.05, 0) is 19.1 Å². The summed E-state index contributed by atoms with van der Waals surface area (Å²) in [5.74, 6) is -0.448. The van der Waals surface area contributed by atoms with Gasteiger partial charge in [0.1, 0.15) is 13.2 Å². The van der Waals surface area contributed by atoms with E-state index in [0.29, 0.717) is 5.17 Å². The average Bonchev–Trinajstić information content (AvgIpc) is 3.12. The Morgan fingerprint density at radius 2 is 2.04 bits per heavy atom. The van der Waals surface area contributed by atoms with E-state index in [9.17, 15) is 14.4 Å². The van der Waals surface area contributed by atoms with Crippen molar-refractivity contribution < 1.29 is 19.1 Å². The molecule has 3 rings (SSSR count). The van der Waals surface area contributed by atoms with Crippen molar-refractivity contribution in [1.29, 1.82) is 0 Å². The highest BCUT2D eigenvalue weighted by Gasteiger charge is 2.31. The summed E-state index contributed by atoms with van der Waals surface area (Å²) in [6.07, 6.45) is -0.615. The van der Waals surface area contributed by atoms with Crippen molar-refractivity contribution in [2.75, 3.05) is 30.3 Å². The molecule has 1 aromatic rings. The second-order valence-electron chi connectivity index (χ2n) is 5.11. The second-order valence-corrected chi connectivity index (χ2v) is 6.05. The van der Waals surface area contributed by atoms with Crippen LogP contribution in [0, 0.1) is 6.92 Å².